The van der Waals surface area contributed by atoms with E-state index in [1.165, 1.54) is 16.7 Å². The number of aliphatic hydroxyl groups excluding tert-OH is 1. The second kappa shape index (κ2) is 9.11. The zero-order valence-corrected chi connectivity index (χ0v) is 18.7. The summed E-state index contributed by atoms with van der Waals surface area (Å²) < 4.78 is 5.28. The molecule has 142 valence electrons. The standard InChI is InChI=1S/C17H23N3O5S.Na/c1-8-13-12(9(2)21)16(22)20(13)14(17(23)24)15(8)26-11(7-25-3)6-10-4-5-18-19-10;/h4-5,8-9,11-13,21H,6-7H2,1-3H3,(H,18,19)(H,23,24);/q;+1/p-1. The Morgan fingerprint density at radius 3 is 2.78 bits per heavy atom. The SMILES string of the molecule is COCC(Cc1ccn[nH]1)SC1=C(C(=O)[O-])N2C(=O)C(C(C)O)C2C1C.[Na+]. The van der Waals surface area contributed by atoms with Gasteiger partial charge >= 0.3 is 29.6 Å². The van der Waals surface area contributed by atoms with Crippen LogP contribution in [0.15, 0.2) is 22.9 Å². The number of rotatable bonds is 8. The van der Waals surface area contributed by atoms with E-state index in [4.69, 9.17) is 4.74 Å². The van der Waals surface area contributed by atoms with Crippen LogP contribution in [0.5, 0.6) is 0 Å². The van der Waals surface area contributed by atoms with Crippen LogP contribution in [-0.4, -0.2) is 63.2 Å². The topological polar surface area (TPSA) is 119 Å². The Bertz CT molecular complexity index is 724. The molecule has 2 N–H and O–H groups in total. The van der Waals surface area contributed by atoms with Crippen LogP contribution in [0.2, 0.25) is 0 Å². The maximum atomic E-state index is 12.4. The summed E-state index contributed by atoms with van der Waals surface area (Å²) in [5.74, 6) is -2.49. The summed E-state index contributed by atoms with van der Waals surface area (Å²) >= 11 is 1.39. The average Bonchev–Trinajstić information content (AvgIpc) is 3.14. The number of carbonyl (C=O) groups excluding carboxylic acids is 2. The van der Waals surface area contributed by atoms with Gasteiger partial charge in [-0.1, -0.05) is 6.92 Å². The van der Waals surface area contributed by atoms with Crippen LogP contribution in [0.4, 0.5) is 0 Å². The first kappa shape index (κ1) is 22.4. The molecule has 5 unspecified atom stereocenters. The number of fused-ring (bicyclic) bond motifs is 1. The van der Waals surface area contributed by atoms with Crippen LogP contribution in [-0.2, 0) is 20.7 Å². The fraction of sp³-hybridized carbons (Fsp3) is 0.588. The van der Waals surface area contributed by atoms with Crippen molar-refractivity contribution in [3.63, 3.8) is 0 Å². The van der Waals surface area contributed by atoms with Crippen LogP contribution in [0.1, 0.15) is 19.5 Å². The van der Waals surface area contributed by atoms with Gasteiger partial charge in [-0.05, 0) is 13.0 Å². The maximum absolute atomic E-state index is 12.4. The number of aromatic nitrogens is 2. The second-order valence-electron chi connectivity index (χ2n) is 6.74. The molecule has 2 aliphatic heterocycles. The number of carboxylic acid groups (broad SMARTS) is 1. The zero-order valence-electron chi connectivity index (χ0n) is 15.8. The van der Waals surface area contributed by atoms with Gasteiger partial charge in [-0.2, -0.15) is 5.10 Å². The molecule has 0 aromatic carbocycles. The van der Waals surface area contributed by atoms with E-state index in [0.717, 1.165) is 5.69 Å². The molecule has 8 nitrogen and oxygen atoms in total. The van der Waals surface area contributed by atoms with E-state index in [0.29, 0.717) is 17.9 Å². The van der Waals surface area contributed by atoms with Gasteiger partial charge < -0.3 is 24.6 Å². The number of amides is 1. The van der Waals surface area contributed by atoms with Crippen molar-refractivity contribution in [2.45, 2.75) is 37.7 Å². The number of H-pyrrole nitrogens is 1. The van der Waals surface area contributed by atoms with Crippen molar-refractivity contribution in [2.75, 3.05) is 13.7 Å². The molecule has 3 rings (SSSR count). The smallest absolute Gasteiger partial charge is 0.543 e. The summed E-state index contributed by atoms with van der Waals surface area (Å²) in [6.45, 7) is 3.86. The van der Waals surface area contributed by atoms with Gasteiger partial charge in [0.1, 0.15) is 0 Å². The van der Waals surface area contributed by atoms with Crippen LogP contribution in [0.25, 0.3) is 0 Å². The van der Waals surface area contributed by atoms with Gasteiger partial charge in [-0.25, -0.2) is 0 Å². The molecular weight excluding hydrogens is 381 g/mol. The van der Waals surface area contributed by atoms with E-state index in [1.54, 1.807) is 20.2 Å². The van der Waals surface area contributed by atoms with Gasteiger partial charge in [0.25, 0.3) is 0 Å². The minimum Gasteiger partial charge on any atom is -0.543 e. The Kier molecular flexibility index (Phi) is 7.57. The van der Waals surface area contributed by atoms with Crippen molar-refractivity contribution in [1.82, 2.24) is 15.1 Å². The van der Waals surface area contributed by atoms with E-state index >= 15 is 0 Å². The van der Waals surface area contributed by atoms with Crippen LogP contribution >= 0.6 is 11.8 Å². The number of methoxy groups -OCH3 is 1. The maximum Gasteiger partial charge on any atom is 1.00 e. The quantitative estimate of drug-likeness (QED) is 0.342. The molecule has 27 heavy (non-hydrogen) atoms. The molecule has 0 saturated carbocycles. The number of thioether (sulfide) groups is 1. The Labute approximate surface area is 184 Å². The Morgan fingerprint density at radius 2 is 2.26 bits per heavy atom. The third-order valence-electron chi connectivity index (χ3n) is 4.95. The third-order valence-corrected chi connectivity index (χ3v) is 6.41. The van der Waals surface area contributed by atoms with E-state index in [2.05, 4.69) is 10.2 Å². The summed E-state index contributed by atoms with van der Waals surface area (Å²) in [7, 11) is 1.59. The second-order valence-corrected chi connectivity index (χ2v) is 8.08. The number of ether oxygens (including phenoxy) is 1. The fourth-order valence-electron chi connectivity index (χ4n) is 3.81. The molecule has 2 aliphatic rings. The van der Waals surface area contributed by atoms with E-state index in [9.17, 15) is 19.8 Å². The fourth-order valence-corrected chi connectivity index (χ4v) is 5.29. The van der Waals surface area contributed by atoms with Crippen molar-refractivity contribution in [2.24, 2.45) is 11.8 Å². The third kappa shape index (κ3) is 4.13. The number of hydrogen-bond donors (Lipinski definition) is 2. The van der Waals surface area contributed by atoms with Gasteiger partial charge in [0.15, 0.2) is 0 Å². The predicted molar refractivity (Wildman–Crippen MR) is 92.5 cm³/mol. The molecular formula is C17H22N3NaO5S. The van der Waals surface area contributed by atoms with Gasteiger partial charge in [-0.3, -0.25) is 9.89 Å². The number of aliphatic hydroxyl groups is 1. The summed E-state index contributed by atoms with van der Waals surface area (Å²) in [6, 6.07) is 1.52. The van der Waals surface area contributed by atoms with Crippen LogP contribution in [0, 0.1) is 11.8 Å². The number of aromatic amines is 1. The van der Waals surface area contributed by atoms with Crippen molar-refractivity contribution in [3.8, 4) is 0 Å². The minimum atomic E-state index is -1.36. The number of aliphatic carboxylic acids is 1. The van der Waals surface area contributed by atoms with E-state index < -0.39 is 18.0 Å². The summed E-state index contributed by atoms with van der Waals surface area (Å²) in [6.07, 6.45) is 1.46. The van der Waals surface area contributed by atoms with Gasteiger partial charge in [0.05, 0.1) is 36.3 Å². The predicted octanol–water partition coefficient (Wildman–Crippen LogP) is -3.48. The summed E-state index contributed by atoms with van der Waals surface area (Å²) in [5.41, 5.74) is 0.849. The molecule has 3 heterocycles. The van der Waals surface area contributed by atoms with Gasteiger partial charge in [0, 0.05) is 41.5 Å². The van der Waals surface area contributed by atoms with Crippen molar-refractivity contribution in [3.05, 3.63) is 28.6 Å². The first-order valence-corrected chi connectivity index (χ1v) is 9.35. The van der Waals surface area contributed by atoms with Crippen LogP contribution in [0.3, 0.4) is 0 Å². The number of nitrogens with one attached hydrogen (secondary N) is 1. The number of carbonyl (C=O) groups is 2. The minimum absolute atomic E-state index is 0. The molecule has 1 fully saturated rings. The Hall–Kier alpha value is -0.840. The van der Waals surface area contributed by atoms with Crippen molar-refractivity contribution in [1.29, 1.82) is 0 Å². The van der Waals surface area contributed by atoms with E-state index in [-0.39, 0.29) is 58.4 Å². The molecule has 1 aromatic heterocycles. The molecule has 5 atom stereocenters. The number of β-lactam (4-membered cyclic amide) rings is 1. The van der Waals surface area contributed by atoms with Gasteiger partial charge in [0.2, 0.25) is 5.91 Å². The Morgan fingerprint density at radius 1 is 1.56 bits per heavy atom. The van der Waals surface area contributed by atoms with Crippen molar-refractivity contribution >= 4 is 23.6 Å². The average molecular weight is 403 g/mol. The normalized spacial score (nSPS) is 26.3. The van der Waals surface area contributed by atoms with Gasteiger partial charge in [-0.15, -0.1) is 11.8 Å². The molecule has 0 aliphatic carbocycles. The largest absolute Gasteiger partial charge is 1.00 e. The number of carboxylic acids is 1. The first-order valence-electron chi connectivity index (χ1n) is 8.47. The molecule has 0 bridgehead atoms. The summed E-state index contributed by atoms with van der Waals surface area (Å²) in [4.78, 5) is 26.0. The summed E-state index contributed by atoms with van der Waals surface area (Å²) in [5, 5.41) is 28.4. The number of hydrogen-bond acceptors (Lipinski definition) is 7. The van der Waals surface area contributed by atoms with Crippen LogP contribution < -0.4 is 34.7 Å². The molecule has 1 aromatic rings. The molecule has 1 amide bonds. The molecule has 10 heteroatoms. The molecule has 1 saturated heterocycles. The first-order chi connectivity index (χ1) is 12.4. The Balaban J connectivity index is 0.00000261. The molecule has 0 spiro atoms. The monoisotopic (exact) mass is 403 g/mol. The zero-order chi connectivity index (χ0) is 19.0. The van der Waals surface area contributed by atoms with Crippen molar-refractivity contribution < 1.29 is 54.1 Å². The number of nitrogens with zero attached hydrogens (tertiary/aromatic N) is 2. The molecule has 0 radical (unpaired) electrons. The van der Waals surface area contributed by atoms with E-state index in [1.807, 2.05) is 13.0 Å².